The normalized spacial score (nSPS) is 14.8. The highest BCUT2D eigenvalue weighted by Gasteiger charge is 2.16. The molecule has 2 aromatic carbocycles. The molecule has 6 heteroatoms. The van der Waals surface area contributed by atoms with Crippen molar-refractivity contribution in [1.82, 2.24) is 10.2 Å². The summed E-state index contributed by atoms with van der Waals surface area (Å²) in [4.78, 5) is 29.5. The Balaban J connectivity index is 1.46. The lowest BCUT2D eigenvalue weighted by molar-refractivity contribution is -0.114. The molecule has 1 saturated heterocycles. The van der Waals surface area contributed by atoms with Crippen molar-refractivity contribution in [1.29, 1.82) is 0 Å². The van der Waals surface area contributed by atoms with E-state index in [2.05, 4.69) is 45.9 Å². The molecule has 0 radical (unpaired) electrons. The van der Waals surface area contributed by atoms with Gasteiger partial charge in [0.15, 0.2) is 0 Å². The lowest BCUT2D eigenvalue weighted by Gasteiger charge is -2.17. The zero-order valence-corrected chi connectivity index (χ0v) is 20.3. The number of thiophene rings is 1. The molecule has 0 aliphatic carbocycles. The third-order valence-electron chi connectivity index (χ3n) is 6.06. The number of aryl methyl sites for hydroxylation is 1. The second-order valence-corrected chi connectivity index (χ2v) is 9.95. The molecule has 4 rings (SSSR count). The minimum atomic E-state index is -0.160. The summed E-state index contributed by atoms with van der Waals surface area (Å²) in [6.07, 6.45) is 2.61. The Morgan fingerprint density at radius 3 is 2.61 bits per heavy atom. The Bertz CT molecular complexity index is 1150. The van der Waals surface area contributed by atoms with Crippen LogP contribution >= 0.6 is 11.3 Å². The van der Waals surface area contributed by atoms with Crippen molar-refractivity contribution in [3.05, 3.63) is 76.2 Å². The van der Waals surface area contributed by atoms with Crippen LogP contribution in [-0.2, 0) is 11.3 Å². The summed E-state index contributed by atoms with van der Waals surface area (Å²) in [5.74, 6) is -0.311. The van der Waals surface area contributed by atoms with E-state index in [1.54, 1.807) is 12.1 Å². The van der Waals surface area contributed by atoms with E-state index in [4.69, 9.17) is 0 Å². The van der Waals surface area contributed by atoms with Crippen LogP contribution in [-0.4, -0.2) is 29.8 Å². The fraction of sp³-hybridized carbons (Fsp3) is 0.333. The molecule has 2 amide bonds. The summed E-state index contributed by atoms with van der Waals surface area (Å²) in [6, 6.07) is 18.1. The van der Waals surface area contributed by atoms with Gasteiger partial charge in [-0.05, 0) is 86.8 Å². The molecule has 0 bridgehead atoms. The van der Waals surface area contributed by atoms with Gasteiger partial charge in [-0.25, -0.2) is 0 Å². The van der Waals surface area contributed by atoms with Crippen LogP contribution in [0, 0.1) is 6.92 Å². The number of carbonyl (C=O) groups excluding carboxylic acids is 2. The molecule has 1 aromatic heterocycles. The standard InChI is InChI=1S/C27H31N3O2S/c1-18-9-10-23(29-20(3)31)16-25(18)27(32)28-19(2)21-7-6-8-22(15-21)26-12-11-24(33-26)17-30-13-4-5-14-30/h6-12,15-16,19H,4-5,13-14,17H2,1-3H3,(H,28,32)(H,29,31). The van der Waals surface area contributed by atoms with Crippen LogP contribution in [0.5, 0.6) is 0 Å². The van der Waals surface area contributed by atoms with Gasteiger partial charge in [0, 0.05) is 34.5 Å². The van der Waals surface area contributed by atoms with E-state index in [1.807, 2.05) is 37.3 Å². The largest absolute Gasteiger partial charge is 0.346 e. The fourth-order valence-corrected chi connectivity index (χ4v) is 5.29. The van der Waals surface area contributed by atoms with Gasteiger partial charge >= 0.3 is 0 Å². The predicted octanol–water partition coefficient (Wildman–Crippen LogP) is 5.77. The first-order valence-corrected chi connectivity index (χ1v) is 12.3. The minimum absolute atomic E-state index is 0.148. The van der Waals surface area contributed by atoms with Crippen LogP contribution in [0.25, 0.3) is 10.4 Å². The van der Waals surface area contributed by atoms with Gasteiger partial charge in [0.05, 0.1) is 6.04 Å². The third-order valence-corrected chi connectivity index (χ3v) is 7.18. The molecular weight excluding hydrogens is 430 g/mol. The van der Waals surface area contributed by atoms with Crippen LogP contribution in [0.2, 0.25) is 0 Å². The molecule has 1 unspecified atom stereocenters. The summed E-state index contributed by atoms with van der Waals surface area (Å²) < 4.78 is 0. The quantitative estimate of drug-likeness (QED) is 0.470. The number of nitrogens with zero attached hydrogens (tertiary/aromatic N) is 1. The highest BCUT2D eigenvalue weighted by molar-refractivity contribution is 7.15. The molecule has 0 spiro atoms. The lowest BCUT2D eigenvalue weighted by atomic mass is 10.0. The summed E-state index contributed by atoms with van der Waals surface area (Å²) in [6.45, 7) is 8.79. The maximum atomic E-state index is 13.0. The number of nitrogens with one attached hydrogen (secondary N) is 2. The van der Waals surface area contributed by atoms with Gasteiger partial charge in [-0.2, -0.15) is 0 Å². The molecule has 0 saturated carbocycles. The molecule has 172 valence electrons. The SMILES string of the molecule is CC(=O)Nc1ccc(C)c(C(=O)NC(C)c2cccc(-c3ccc(CN4CCCC4)s3)c2)c1. The summed E-state index contributed by atoms with van der Waals surface area (Å²) in [5.41, 5.74) is 4.29. The maximum Gasteiger partial charge on any atom is 0.252 e. The van der Waals surface area contributed by atoms with E-state index in [0.717, 1.165) is 17.7 Å². The van der Waals surface area contributed by atoms with E-state index in [9.17, 15) is 9.59 Å². The second kappa shape index (κ2) is 10.3. The number of hydrogen-bond acceptors (Lipinski definition) is 4. The average molecular weight is 462 g/mol. The van der Waals surface area contributed by atoms with Gasteiger partial charge in [0.25, 0.3) is 5.91 Å². The van der Waals surface area contributed by atoms with Crippen molar-refractivity contribution in [2.45, 2.75) is 46.2 Å². The molecule has 3 aromatic rings. The summed E-state index contributed by atoms with van der Waals surface area (Å²) in [5, 5.41) is 5.85. The summed E-state index contributed by atoms with van der Waals surface area (Å²) >= 11 is 1.85. The maximum absolute atomic E-state index is 13.0. The van der Waals surface area contributed by atoms with Crippen LogP contribution < -0.4 is 10.6 Å². The number of likely N-dealkylation sites (tertiary alicyclic amines) is 1. The molecule has 1 fully saturated rings. The van der Waals surface area contributed by atoms with Crippen LogP contribution in [0.15, 0.2) is 54.6 Å². The molecule has 1 atom stereocenters. The monoisotopic (exact) mass is 461 g/mol. The van der Waals surface area contributed by atoms with Crippen molar-refractivity contribution in [3.63, 3.8) is 0 Å². The van der Waals surface area contributed by atoms with Crippen molar-refractivity contribution < 1.29 is 9.59 Å². The van der Waals surface area contributed by atoms with Crippen LogP contribution in [0.1, 0.15) is 59.1 Å². The number of hydrogen-bond donors (Lipinski definition) is 2. The molecule has 1 aliphatic heterocycles. The van der Waals surface area contributed by atoms with Crippen molar-refractivity contribution in [2.24, 2.45) is 0 Å². The highest BCUT2D eigenvalue weighted by atomic mass is 32.1. The lowest BCUT2D eigenvalue weighted by Crippen LogP contribution is -2.27. The molecular formula is C27H31N3O2S. The molecule has 2 N–H and O–H groups in total. The van der Waals surface area contributed by atoms with E-state index in [-0.39, 0.29) is 17.9 Å². The van der Waals surface area contributed by atoms with E-state index >= 15 is 0 Å². The molecule has 5 nitrogen and oxygen atoms in total. The second-order valence-electron chi connectivity index (χ2n) is 8.78. The van der Waals surface area contributed by atoms with E-state index < -0.39 is 0 Å². The Morgan fingerprint density at radius 1 is 1.06 bits per heavy atom. The van der Waals surface area contributed by atoms with Crippen LogP contribution in [0.4, 0.5) is 5.69 Å². The molecule has 33 heavy (non-hydrogen) atoms. The van der Waals surface area contributed by atoms with Gasteiger partial charge < -0.3 is 10.6 Å². The number of amides is 2. The number of rotatable bonds is 7. The van der Waals surface area contributed by atoms with Crippen molar-refractivity contribution >= 4 is 28.8 Å². The predicted molar refractivity (Wildman–Crippen MR) is 136 cm³/mol. The van der Waals surface area contributed by atoms with E-state index in [0.29, 0.717) is 11.3 Å². The Hall–Kier alpha value is -2.96. The number of benzene rings is 2. The molecule has 1 aliphatic rings. The fourth-order valence-electron chi connectivity index (χ4n) is 4.25. The number of anilines is 1. The number of carbonyl (C=O) groups is 2. The van der Waals surface area contributed by atoms with Gasteiger partial charge in [-0.15, -0.1) is 11.3 Å². The van der Waals surface area contributed by atoms with Crippen LogP contribution in [0.3, 0.4) is 0 Å². The van der Waals surface area contributed by atoms with Gasteiger partial charge in [-0.1, -0.05) is 24.3 Å². The van der Waals surface area contributed by atoms with E-state index in [1.165, 1.54) is 48.2 Å². The van der Waals surface area contributed by atoms with Gasteiger partial charge in [-0.3, -0.25) is 14.5 Å². The first-order chi connectivity index (χ1) is 15.9. The van der Waals surface area contributed by atoms with Crippen molar-refractivity contribution in [3.8, 4) is 10.4 Å². The smallest absolute Gasteiger partial charge is 0.252 e. The van der Waals surface area contributed by atoms with Gasteiger partial charge in [0.2, 0.25) is 5.91 Å². The summed E-state index contributed by atoms with van der Waals surface area (Å²) in [7, 11) is 0. The average Bonchev–Trinajstić information content (AvgIpc) is 3.47. The third kappa shape index (κ3) is 5.89. The van der Waals surface area contributed by atoms with Gasteiger partial charge in [0.1, 0.15) is 0 Å². The van der Waals surface area contributed by atoms with Crippen molar-refractivity contribution in [2.75, 3.05) is 18.4 Å². The molecule has 2 heterocycles. The Kier molecular flexibility index (Phi) is 7.26. The minimum Gasteiger partial charge on any atom is -0.346 e. The Morgan fingerprint density at radius 2 is 1.85 bits per heavy atom. The first-order valence-electron chi connectivity index (χ1n) is 11.5. The Labute approximate surface area is 199 Å². The first kappa shape index (κ1) is 23.2. The zero-order chi connectivity index (χ0) is 23.4. The topological polar surface area (TPSA) is 61.4 Å². The highest BCUT2D eigenvalue weighted by Crippen LogP contribution is 2.31. The zero-order valence-electron chi connectivity index (χ0n) is 19.5.